The van der Waals surface area contributed by atoms with Crippen LogP contribution in [0.3, 0.4) is 0 Å². The summed E-state index contributed by atoms with van der Waals surface area (Å²) < 4.78 is 2.47. The number of rotatable bonds is 28. The molecule has 0 aliphatic rings. The molecule has 1 aromatic heterocycles. The first-order valence-corrected chi connectivity index (χ1v) is 45.5. The maximum absolute atomic E-state index is 13.9. The Bertz CT molecular complexity index is 6200. The lowest BCUT2D eigenvalue weighted by Crippen LogP contribution is -2.24. The quantitative estimate of drug-likeness (QED) is 0.0290. The molecule has 0 fully saturated rings. The highest BCUT2D eigenvalue weighted by Gasteiger charge is 2.26. The molecule has 0 saturated carbocycles. The number of nitrogens with zero attached hydrogens (tertiary/aromatic N) is 3. The van der Waals surface area contributed by atoms with Crippen LogP contribution in [0.4, 0.5) is 55.1 Å². The van der Waals surface area contributed by atoms with E-state index in [0.29, 0.717) is 5.69 Å². The van der Waals surface area contributed by atoms with Crippen LogP contribution < -0.4 is 31.1 Å². The summed E-state index contributed by atoms with van der Waals surface area (Å²) in [5.74, 6) is 0. The molecule has 1 heterocycles. The van der Waals surface area contributed by atoms with Gasteiger partial charge >= 0.3 is 12.1 Å². The Hall–Kier alpha value is -11.9. The molecule has 15 aromatic rings. The molecule has 0 aliphatic carbocycles. The van der Waals surface area contributed by atoms with Gasteiger partial charge in [-0.15, -0.1) is 0 Å². The van der Waals surface area contributed by atoms with E-state index in [4.69, 9.17) is 0 Å². The Labute approximate surface area is 731 Å². The lowest BCUT2D eigenvalue weighted by Gasteiger charge is -2.28. The van der Waals surface area contributed by atoms with Crippen molar-refractivity contribution >= 4 is 122 Å². The van der Waals surface area contributed by atoms with Crippen LogP contribution in [0.25, 0.3) is 109 Å². The fraction of sp³-hybridized carbons (Fsp3) is 0.316. The number of aryl methyl sites for hydroxylation is 2. The molecule has 0 saturated heterocycles. The molecule has 0 aliphatic heterocycles. The first-order chi connectivity index (χ1) is 59.1. The minimum absolute atomic E-state index is 0.00659. The molecule has 4 amide bonds. The van der Waals surface area contributed by atoms with Gasteiger partial charge in [-0.3, -0.25) is 0 Å². The summed E-state index contributed by atoms with van der Waals surface area (Å²) in [6, 6.07) is 98.3. The van der Waals surface area contributed by atoms with Crippen LogP contribution in [0.1, 0.15) is 215 Å². The number of urea groups is 2. The largest absolute Gasteiger partial charge is 0.341 e. The summed E-state index contributed by atoms with van der Waals surface area (Å²) in [5.41, 5.74) is 25.4. The zero-order chi connectivity index (χ0) is 86.5. The maximum atomic E-state index is 13.9. The number of hydrogen-bond acceptors (Lipinski definition) is 4. The first-order valence-electron chi connectivity index (χ1n) is 45.5. The SMILES string of the molecule is CCCCCCCCCCn1c2cc(NC(=O)NC)ccc2c2ccc(-c3ccc(NC(=O)NC)c(-c4ccc5c(-c6ccc7cc(N(c8ccc(C(C)(C)C)cc8)c8ccc(C(C)(C)C)cc8)ccc7c6)c6cc(CCCCCCCC)ccc6c(-c6ccc7cc(N(c8ccc(C(C)(C)C)cc8)c8ccc(C(C)(C)C)cc8)ccc7c6)c5c4)c3)cc21. The molecule has 14 aromatic carbocycles. The second-order valence-corrected chi connectivity index (χ2v) is 38.5. The van der Waals surface area contributed by atoms with Crippen molar-refractivity contribution in [2.75, 3.05) is 34.5 Å². The summed E-state index contributed by atoms with van der Waals surface area (Å²) in [5, 5.41) is 23.5. The van der Waals surface area contributed by atoms with Crippen LogP contribution in [-0.4, -0.2) is 30.7 Å². The predicted octanol–water partition coefficient (Wildman–Crippen LogP) is 32.8. The van der Waals surface area contributed by atoms with E-state index in [9.17, 15) is 9.59 Å². The molecule has 123 heavy (non-hydrogen) atoms. The number of benzene rings is 14. The van der Waals surface area contributed by atoms with Crippen molar-refractivity contribution in [2.24, 2.45) is 0 Å². The summed E-state index contributed by atoms with van der Waals surface area (Å²) >= 11 is 0. The van der Waals surface area contributed by atoms with Gasteiger partial charge in [0.05, 0.1) is 11.2 Å². The van der Waals surface area contributed by atoms with Gasteiger partial charge in [0.25, 0.3) is 0 Å². The van der Waals surface area contributed by atoms with Gasteiger partial charge in [-0.25, -0.2) is 9.59 Å². The maximum Gasteiger partial charge on any atom is 0.318 e. The van der Waals surface area contributed by atoms with Gasteiger partial charge in [0.2, 0.25) is 0 Å². The summed E-state index contributed by atoms with van der Waals surface area (Å²) in [6.07, 6.45) is 18.1. The van der Waals surface area contributed by atoms with Crippen molar-refractivity contribution in [2.45, 2.75) is 221 Å². The number of carbonyl (C=O) groups excluding carboxylic acids is 2. The van der Waals surface area contributed by atoms with Gasteiger partial charge in [-0.2, -0.15) is 0 Å². The highest BCUT2D eigenvalue weighted by molar-refractivity contribution is 6.23. The highest BCUT2D eigenvalue weighted by Crippen LogP contribution is 2.50. The molecule has 0 unspecified atom stereocenters. The smallest absolute Gasteiger partial charge is 0.318 e. The van der Waals surface area contributed by atoms with Crippen LogP contribution >= 0.6 is 0 Å². The Morgan fingerprint density at radius 2 is 0.667 bits per heavy atom. The van der Waals surface area contributed by atoms with Crippen molar-refractivity contribution in [3.63, 3.8) is 0 Å². The van der Waals surface area contributed by atoms with E-state index in [0.717, 1.165) is 165 Å². The average molecular weight is 1630 g/mol. The van der Waals surface area contributed by atoms with Gasteiger partial charge in [-0.1, -0.05) is 314 Å². The molecule has 9 nitrogen and oxygen atoms in total. The molecule has 0 radical (unpaired) electrons. The molecule has 0 spiro atoms. The van der Waals surface area contributed by atoms with E-state index >= 15 is 0 Å². The number of amides is 4. The minimum Gasteiger partial charge on any atom is -0.341 e. The van der Waals surface area contributed by atoms with Gasteiger partial charge in [-0.05, 0) is 272 Å². The van der Waals surface area contributed by atoms with Crippen LogP contribution in [-0.2, 0) is 34.6 Å². The lowest BCUT2D eigenvalue weighted by atomic mass is 9.83. The number of carbonyl (C=O) groups is 2. The highest BCUT2D eigenvalue weighted by atomic mass is 16.2. The number of unbranched alkanes of at least 4 members (excludes halogenated alkanes) is 12. The molecule has 15 rings (SSSR count). The zero-order valence-corrected chi connectivity index (χ0v) is 75.8. The molecular formula is C114H127N7O2. The van der Waals surface area contributed by atoms with Crippen molar-refractivity contribution in [1.29, 1.82) is 0 Å². The van der Waals surface area contributed by atoms with E-state index in [1.165, 1.54) is 115 Å². The van der Waals surface area contributed by atoms with E-state index in [1.807, 2.05) is 6.07 Å². The standard InChI is InChI=1S/C114H127N7O2/c1-17-19-21-23-25-26-28-30-66-119-105-74-82(39-62-97(105)98-64-50-90(75-106(98)119)117-109(122)115-15)81-41-65-104(118-110(123)116-16)101(72-81)83-40-63-100-103(73-83)108(85-36-34-80-71-96(52-38-78(80)69-85)121(93-57-46-88(47-58-93)113(9,10)11)94-59-48-89(49-60-94)114(12,13)14)99-61-32-76(31-29-27-24-22-20-18-2)67-102(99)107(100)84-35-33-79-70-95(51-37-77(79)68-84)120(91-53-42-86(43-54-91)111(3,4)5)92-55-44-87(45-56-92)112(6,7)8/h32-65,67-75H,17-31,66H2,1-16H3,(H2,115,117,122)(H2,116,118,123). The predicted molar refractivity (Wildman–Crippen MR) is 531 cm³/mol. The summed E-state index contributed by atoms with van der Waals surface area (Å²) in [7, 11) is 3.32. The third kappa shape index (κ3) is 19.1. The second kappa shape index (κ2) is 36.6. The first kappa shape index (κ1) is 86.0. The average Bonchev–Trinajstić information content (AvgIpc) is 1.15. The van der Waals surface area contributed by atoms with E-state index in [2.05, 4.69) is 387 Å². The number of hydrogen-bond donors (Lipinski definition) is 4. The van der Waals surface area contributed by atoms with Crippen LogP contribution in [0, 0.1) is 0 Å². The van der Waals surface area contributed by atoms with Crippen molar-refractivity contribution < 1.29 is 9.59 Å². The van der Waals surface area contributed by atoms with E-state index in [-0.39, 0.29) is 33.7 Å². The Morgan fingerprint density at radius 1 is 0.301 bits per heavy atom. The third-order valence-electron chi connectivity index (χ3n) is 25.4. The number of aromatic nitrogens is 1. The number of fused-ring (bicyclic) bond motifs is 7. The van der Waals surface area contributed by atoms with Crippen LogP contribution in [0.2, 0.25) is 0 Å². The van der Waals surface area contributed by atoms with Crippen molar-refractivity contribution in [3.8, 4) is 44.5 Å². The lowest BCUT2D eigenvalue weighted by molar-refractivity contribution is 0.253. The number of nitrogens with one attached hydrogen (secondary N) is 4. The van der Waals surface area contributed by atoms with Crippen molar-refractivity contribution in [1.82, 2.24) is 15.2 Å². The third-order valence-corrected chi connectivity index (χ3v) is 25.4. The van der Waals surface area contributed by atoms with Gasteiger partial charge < -0.3 is 35.6 Å². The summed E-state index contributed by atoms with van der Waals surface area (Å²) in [6.45, 7) is 32.8. The van der Waals surface area contributed by atoms with E-state index < -0.39 is 0 Å². The Kier molecular flexibility index (Phi) is 25.6. The van der Waals surface area contributed by atoms with Crippen LogP contribution in [0.15, 0.2) is 261 Å². The van der Waals surface area contributed by atoms with Gasteiger partial charge in [0, 0.05) is 82.3 Å². The number of anilines is 8. The Morgan fingerprint density at radius 3 is 1.14 bits per heavy atom. The molecule has 0 bridgehead atoms. The zero-order valence-electron chi connectivity index (χ0n) is 75.8. The Balaban J connectivity index is 0.924. The molecule has 0 atom stereocenters. The van der Waals surface area contributed by atoms with Gasteiger partial charge in [0.15, 0.2) is 0 Å². The summed E-state index contributed by atoms with van der Waals surface area (Å²) in [4.78, 5) is 31.5. The fourth-order valence-electron chi connectivity index (χ4n) is 18.2. The van der Waals surface area contributed by atoms with Gasteiger partial charge in [0.1, 0.15) is 0 Å². The van der Waals surface area contributed by atoms with Crippen molar-refractivity contribution in [3.05, 3.63) is 289 Å². The normalized spacial score (nSPS) is 12.2. The topological polar surface area (TPSA) is 93.7 Å². The van der Waals surface area contributed by atoms with Crippen LogP contribution in [0.5, 0.6) is 0 Å². The molecule has 630 valence electrons. The van der Waals surface area contributed by atoms with E-state index in [1.54, 1.807) is 14.1 Å². The second-order valence-electron chi connectivity index (χ2n) is 38.5. The molecule has 9 heteroatoms. The monoisotopic (exact) mass is 1630 g/mol. The molecule has 4 N–H and O–H groups in total. The fourth-order valence-corrected chi connectivity index (χ4v) is 18.2. The molecular weight excluding hydrogens is 1500 g/mol. The minimum atomic E-state index is -0.298.